The number of rotatable bonds is 2. The minimum absolute atomic E-state index is 1.18. The second-order valence-corrected chi connectivity index (χ2v) is 3.58. The van der Waals surface area contributed by atoms with Gasteiger partial charge in [-0.1, -0.05) is 36.9 Å². The van der Waals surface area contributed by atoms with Gasteiger partial charge in [-0.3, -0.25) is 0 Å². The molecular weight excluding hydrogens is 182 g/mol. The van der Waals surface area contributed by atoms with Gasteiger partial charge in [0.15, 0.2) is 0 Å². The molecule has 0 aliphatic carbocycles. The molecule has 0 atom stereocenters. The first-order valence-corrected chi connectivity index (χ1v) is 5.12. The van der Waals surface area contributed by atoms with Crippen LogP contribution in [-0.2, 0) is 7.05 Å². The van der Waals surface area contributed by atoms with Crippen LogP contribution in [0, 0.1) is 0 Å². The lowest BCUT2D eigenvalue weighted by atomic mass is 10.1. The van der Waals surface area contributed by atoms with Crippen LogP contribution in [-0.4, -0.2) is 4.57 Å². The Morgan fingerprint density at radius 1 is 1.27 bits per heavy atom. The van der Waals surface area contributed by atoms with E-state index in [1.807, 2.05) is 13.0 Å². The van der Waals surface area contributed by atoms with E-state index in [4.69, 9.17) is 0 Å². The molecule has 1 heteroatoms. The maximum atomic E-state index is 3.88. The molecular formula is C14H15N. The number of fused-ring (bicyclic) bond motifs is 1. The van der Waals surface area contributed by atoms with Gasteiger partial charge in [0.2, 0.25) is 0 Å². The Labute approximate surface area is 90.3 Å². The summed E-state index contributed by atoms with van der Waals surface area (Å²) in [7, 11) is 2.08. The monoisotopic (exact) mass is 197 g/mol. The minimum Gasteiger partial charge on any atom is -0.344 e. The molecule has 2 rings (SSSR count). The Balaban J connectivity index is 2.90. The van der Waals surface area contributed by atoms with E-state index in [1.165, 1.54) is 22.2 Å². The van der Waals surface area contributed by atoms with Crippen molar-refractivity contribution in [2.45, 2.75) is 6.92 Å². The Bertz CT molecular complexity index is 530. The molecule has 15 heavy (non-hydrogen) atoms. The standard InChI is InChI=1S/C14H15N/c1-4-8-11-12-9-6-7-10-14(12)15(3)13(11)5-2/h4-10H,2H2,1,3H3. The number of allylic oxidation sites excluding steroid dienone is 1. The van der Waals surface area contributed by atoms with Gasteiger partial charge in [0.05, 0.1) is 0 Å². The molecule has 0 amide bonds. The zero-order valence-electron chi connectivity index (χ0n) is 9.20. The first-order valence-electron chi connectivity index (χ1n) is 5.12. The number of para-hydroxylation sites is 1. The van der Waals surface area contributed by atoms with Gasteiger partial charge in [0.1, 0.15) is 0 Å². The van der Waals surface area contributed by atoms with Crippen molar-refractivity contribution in [3.63, 3.8) is 0 Å². The molecule has 2 aromatic rings. The van der Waals surface area contributed by atoms with Crippen molar-refractivity contribution in [2.24, 2.45) is 7.05 Å². The Morgan fingerprint density at radius 3 is 2.67 bits per heavy atom. The van der Waals surface area contributed by atoms with Crippen LogP contribution in [0.3, 0.4) is 0 Å². The summed E-state index contributed by atoms with van der Waals surface area (Å²) in [5.41, 5.74) is 3.68. The lowest BCUT2D eigenvalue weighted by Gasteiger charge is -1.98. The van der Waals surface area contributed by atoms with Gasteiger partial charge in [0, 0.05) is 29.2 Å². The maximum absolute atomic E-state index is 3.88. The van der Waals surface area contributed by atoms with Crippen molar-refractivity contribution >= 4 is 23.1 Å². The predicted octanol–water partition coefficient (Wildman–Crippen LogP) is 3.85. The molecule has 0 aliphatic rings. The summed E-state index contributed by atoms with van der Waals surface area (Å²) in [4.78, 5) is 0. The minimum atomic E-state index is 1.18. The number of aromatic nitrogens is 1. The van der Waals surface area contributed by atoms with Crippen LogP contribution in [0.2, 0.25) is 0 Å². The molecule has 0 saturated carbocycles. The first kappa shape index (κ1) is 9.78. The van der Waals surface area contributed by atoms with E-state index >= 15 is 0 Å². The van der Waals surface area contributed by atoms with Gasteiger partial charge in [-0.05, 0) is 19.1 Å². The average molecular weight is 197 g/mol. The second-order valence-electron chi connectivity index (χ2n) is 3.58. The van der Waals surface area contributed by atoms with Gasteiger partial charge in [-0.15, -0.1) is 0 Å². The summed E-state index contributed by atoms with van der Waals surface area (Å²) in [6, 6.07) is 8.42. The molecule has 76 valence electrons. The van der Waals surface area contributed by atoms with Crippen molar-refractivity contribution in [3.05, 3.63) is 48.2 Å². The molecule has 0 radical (unpaired) electrons. The summed E-state index contributed by atoms with van der Waals surface area (Å²) in [5, 5.41) is 1.29. The van der Waals surface area contributed by atoms with Gasteiger partial charge < -0.3 is 4.57 Å². The summed E-state index contributed by atoms with van der Waals surface area (Å²) in [5.74, 6) is 0. The smallest absolute Gasteiger partial charge is 0.0488 e. The van der Waals surface area contributed by atoms with Gasteiger partial charge in [0.25, 0.3) is 0 Å². The molecule has 1 nitrogen and oxygen atoms in total. The van der Waals surface area contributed by atoms with E-state index in [-0.39, 0.29) is 0 Å². The number of nitrogens with zero attached hydrogens (tertiary/aromatic N) is 1. The van der Waals surface area contributed by atoms with Crippen LogP contribution in [0.15, 0.2) is 36.9 Å². The molecule has 1 heterocycles. The van der Waals surface area contributed by atoms with E-state index in [0.29, 0.717) is 0 Å². The van der Waals surface area contributed by atoms with E-state index in [0.717, 1.165) is 0 Å². The summed E-state index contributed by atoms with van der Waals surface area (Å²) < 4.78 is 2.18. The van der Waals surface area contributed by atoms with Crippen molar-refractivity contribution < 1.29 is 0 Å². The Morgan fingerprint density at radius 2 is 2.00 bits per heavy atom. The van der Waals surface area contributed by atoms with Gasteiger partial charge in [-0.2, -0.15) is 0 Å². The zero-order chi connectivity index (χ0) is 10.8. The third-order valence-corrected chi connectivity index (χ3v) is 2.72. The summed E-state index contributed by atoms with van der Waals surface area (Å²) in [6.45, 7) is 5.91. The highest BCUT2D eigenvalue weighted by atomic mass is 14.9. The molecule has 0 unspecified atom stereocenters. The molecule has 1 aromatic heterocycles. The highest BCUT2D eigenvalue weighted by Gasteiger charge is 2.08. The van der Waals surface area contributed by atoms with Gasteiger partial charge in [-0.25, -0.2) is 0 Å². The number of hydrogen-bond donors (Lipinski definition) is 0. The Kier molecular flexibility index (Phi) is 2.46. The molecule has 0 aliphatic heterocycles. The quantitative estimate of drug-likeness (QED) is 0.689. The maximum Gasteiger partial charge on any atom is 0.0488 e. The topological polar surface area (TPSA) is 4.93 Å². The average Bonchev–Trinajstić information content (AvgIpc) is 2.54. The summed E-state index contributed by atoms with van der Waals surface area (Å²) in [6.07, 6.45) is 6.11. The fourth-order valence-electron chi connectivity index (χ4n) is 2.03. The number of hydrogen-bond acceptors (Lipinski definition) is 0. The van der Waals surface area contributed by atoms with Crippen molar-refractivity contribution in [1.29, 1.82) is 0 Å². The number of benzene rings is 1. The van der Waals surface area contributed by atoms with Crippen molar-refractivity contribution in [1.82, 2.24) is 4.57 Å². The molecule has 0 fully saturated rings. The fraction of sp³-hybridized carbons (Fsp3) is 0.143. The third-order valence-electron chi connectivity index (χ3n) is 2.72. The van der Waals surface area contributed by atoms with Crippen LogP contribution in [0.5, 0.6) is 0 Å². The third kappa shape index (κ3) is 1.40. The molecule has 0 spiro atoms. The molecule has 1 aromatic carbocycles. The molecule has 0 saturated heterocycles. The first-order chi connectivity index (χ1) is 7.29. The SMILES string of the molecule is C=Cc1c(C=CC)c2ccccc2n1C. The normalized spacial score (nSPS) is 11.3. The highest BCUT2D eigenvalue weighted by molar-refractivity contribution is 5.93. The zero-order valence-corrected chi connectivity index (χ0v) is 9.20. The van der Waals surface area contributed by atoms with Crippen LogP contribution >= 0.6 is 0 Å². The molecule has 0 N–H and O–H groups in total. The summed E-state index contributed by atoms with van der Waals surface area (Å²) >= 11 is 0. The van der Waals surface area contributed by atoms with E-state index in [9.17, 15) is 0 Å². The molecule has 0 bridgehead atoms. The highest BCUT2D eigenvalue weighted by Crippen LogP contribution is 2.27. The van der Waals surface area contributed by atoms with E-state index < -0.39 is 0 Å². The van der Waals surface area contributed by atoms with Gasteiger partial charge >= 0.3 is 0 Å². The fourth-order valence-corrected chi connectivity index (χ4v) is 2.03. The van der Waals surface area contributed by atoms with Crippen LogP contribution in [0.25, 0.3) is 23.1 Å². The van der Waals surface area contributed by atoms with E-state index in [1.54, 1.807) is 0 Å². The van der Waals surface area contributed by atoms with Crippen LogP contribution in [0.4, 0.5) is 0 Å². The second kappa shape index (κ2) is 3.77. The predicted molar refractivity (Wildman–Crippen MR) is 67.7 cm³/mol. The lowest BCUT2D eigenvalue weighted by molar-refractivity contribution is 0.953. The number of aryl methyl sites for hydroxylation is 1. The van der Waals surface area contributed by atoms with E-state index in [2.05, 4.69) is 54.6 Å². The van der Waals surface area contributed by atoms with Crippen LogP contribution < -0.4 is 0 Å². The van der Waals surface area contributed by atoms with Crippen LogP contribution in [0.1, 0.15) is 18.2 Å². The van der Waals surface area contributed by atoms with Crippen molar-refractivity contribution in [2.75, 3.05) is 0 Å². The Hall–Kier alpha value is -1.76. The largest absolute Gasteiger partial charge is 0.344 e. The lowest BCUT2D eigenvalue weighted by Crippen LogP contribution is -1.90. The van der Waals surface area contributed by atoms with Crippen molar-refractivity contribution in [3.8, 4) is 0 Å².